The van der Waals surface area contributed by atoms with Gasteiger partial charge in [0.1, 0.15) is 5.75 Å². The molecule has 1 N–H and O–H groups in total. The number of methoxy groups -OCH3 is 1. The molecular formula is C15H21NO2. The fourth-order valence-corrected chi connectivity index (χ4v) is 2.53. The van der Waals surface area contributed by atoms with Crippen molar-refractivity contribution in [2.24, 2.45) is 0 Å². The van der Waals surface area contributed by atoms with E-state index in [0.29, 0.717) is 6.04 Å². The Labute approximate surface area is 108 Å². The number of hydrogen-bond acceptors (Lipinski definition) is 3. The Morgan fingerprint density at radius 3 is 3.00 bits per heavy atom. The van der Waals surface area contributed by atoms with E-state index in [-0.39, 0.29) is 0 Å². The van der Waals surface area contributed by atoms with E-state index < -0.39 is 0 Å². The number of fused-ring (bicyclic) bond motifs is 1. The topological polar surface area (TPSA) is 30.5 Å². The molecule has 2 aliphatic rings. The van der Waals surface area contributed by atoms with Gasteiger partial charge in [0.25, 0.3) is 0 Å². The summed E-state index contributed by atoms with van der Waals surface area (Å²) in [4.78, 5) is 0. The van der Waals surface area contributed by atoms with Crippen molar-refractivity contribution in [2.45, 2.75) is 37.8 Å². The largest absolute Gasteiger partial charge is 0.493 e. The summed E-state index contributed by atoms with van der Waals surface area (Å²) in [5.74, 6) is 1.06. The lowest BCUT2D eigenvalue weighted by molar-refractivity contribution is 0.202. The molecule has 1 aromatic carbocycles. The van der Waals surface area contributed by atoms with E-state index in [4.69, 9.17) is 9.47 Å². The van der Waals surface area contributed by atoms with Crippen molar-refractivity contribution in [1.82, 2.24) is 5.32 Å². The molecule has 0 aromatic heterocycles. The zero-order chi connectivity index (χ0) is 12.4. The van der Waals surface area contributed by atoms with Gasteiger partial charge in [0.2, 0.25) is 0 Å². The van der Waals surface area contributed by atoms with Gasteiger partial charge in [0.05, 0.1) is 13.2 Å². The lowest BCUT2D eigenvalue weighted by atomic mass is 9.97. The van der Waals surface area contributed by atoms with E-state index in [1.165, 1.54) is 24.0 Å². The van der Waals surface area contributed by atoms with Crippen LogP contribution in [0.3, 0.4) is 0 Å². The van der Waals surface area contributed by atoms with Crippen molar-refractivity contribution in [3.63, 3.8) is 0 Å². The number of rotatable bonds is 5. The highest BCUT2D eigenvalue weighted by atomic mass is 16.5. The Morgan fingerprint density at radius 1 is 1.33 bits per heavy atom. The summed E-state index contributed by atoms with van der Waals surface area (Å²) >= 11 is 0. The van der Waals surface area contributed by atoms with Crippen LogP contribution in [-0.2, 0) is 11.2 Å². The molecule has 1 aliphatic heterocycles. The van der Waals surface area contributed by atoms with E-state index in [1.807, 2.05) is 0 Å². The van der Waals surface area contributed by atoms with E-state index >= 15 is 0 Å². The summed E-state index contributed by atoms with van der Waals surface area (Å²) in [5.41, 5.74) is 2.67. The summed E-state index contributed by atoms with van der Waals surface area (Å²) in [6.45, 7) is 1.61. The van der Waals surface area contributed by atoms with Crippen LogP contribution < -0.4 is 10.1 Å². The monoisotopic (exact) mass is 247 g/mol. The summed E-state index contributed by atoms with van der Waals surface area (Å²) < 4.78 is 10.9. The zero-order valence-corrected chi connectivity index (χ0v) is 10.9. The quantitative estimate of drug-likeness (QED) is 0.867. The maximum absolute atomic E-state index is 5.74. The van der Waals surface area contributed by atoms with Crippen molar-refractivity contribution in [3.05, 3.63) is 29.3 Å². The first kappa shape index (κ1) is 12.0. The highest BCUT2D eigenvalue weighted by Gasteiger charge is 2.28. The maximum atomic E-state index is 5.74. The van der Waals surface area contributed by atoms with Gasteiger partial charge in [-0.05, 0) is 30.9 Å². The van der Waals surface area contributed by atoms with Gasteiger partial charge in [-0.15, -0.1) is 0 Å². The average Bonchev–Trinajstić information content (AvgIpc) is 3.21. The molecule has 1 fully saturated rings. The minimum absolute atomic E-state index is 0.476. The SMILES string of the molecule is COCCc1ccc2c(c1)C(NC1CC1)CCO2. The van der Waals surface area contributed by atoms with Crippen LogP contribution >= 0.6 is 0 Å². The lowest BCUT2D eigenvalue weighted by Gasteiger charge is -2.27. The van der Waals surface area contributed by atoms with Crippen molar-refractivity contribution in [1.29, 1.82) is 0 Å². The molecular weight excluding hydrogens is 226 g/mol. The van der Waals surface area contributed by atoms with Crippen LogP contribution in [-0.4, -0.2) is 26.4 Å². The zero-order valence-electron chi connectivity index (χ0n) is 10.9. The molecule has 1 unspecified atom stereocenters. The Morgan fingerprint density at radius 2 is 2.22 bits per heavy atom. The average molecular weight is 247 g/mol. The second-order valence-corrected chi connectivity index (χ2v) is 5.25. The third-order valence-corrected chi connectivity index (χ3v) is 3.72. The Balaban J connectivity index is 1.78. The van der Waals surface area contributed by atoms with E-state index in [0.717, 1.165) is 37.8 Å². The summed E-state index contributed by atoms with van der Waals surface area (Å²) in [6, 6.07) is 7.76. The van der Waals surface area contributed by atoms with Gasteiger partial charge in [-0.25, -0.2) is 0 Å². The second-order valence-electron chi connectivity index (χ2n) is 5.25. The fraction of sp³-hybridized carbons (Fsp3) is 0.600. The molecule has 0 bridgehead atoms. The highest BCUT2D eigenvalue weighted by Crippen LogP contribution is 2.35. The predicted octanol–water partition coefficient (Wildman–Crippen LogP) is 2.45. The number of hydrogen-bond donors (Lipinski definition) is 1. The Kier molecular flexibility index (Phi) is 3.52. The van der Waals surface area contributed by atoms with Gasteiger partial charge >= 0.3 is 0 Å². The summed E-state index contributed by atoms with van der Waals surface area (Å²) in [7, 11) is 1.75. The first-order valence-corrected chi connectivity index (χ1v) is 6.87. The first-order valence-electron chi connectivity index (χ1n) is 6.87. The molecule has 0 radical (unpaired) electrons. The van der Waals surface area contributed by atoms with Crippen LogP contribution in [0, 0.1) is 0 Å². The standard InChI is InChI=1S/C15H21NO2/c1-17-8-6-11-2-5-15-13(10-11)14(7-9-18-15)16-12-3-4-12/h2,5,10,12,14,16H,3-4,6-9H2,1H3. The molecule has 0 spiro atoms. The molecule has 1 aliphatic carbocycles. The molecule has 3 nitrogen and oxygen atoms in total. The molecule has 3 heteroatoms. The minimum atomic E-state index is 0.476. The van der Waals surface area contributed by atoms with E-state index in [1.54, 1.807) is 7.11 Å². The molecule has 1 aromatic rings. The number of benzene rings is 1. The van der Waals surface area contributed by atoms with Gasteiger partial charge in [0.15, 0.2) is 0 Å². The van der Waals surface area contributed by atoms with E-state index in [2.05, 4.69) is 23.5 Å². The van der Waals surface area contributed by atoms with Gasteiger partial charge in [-0.3, -0.25) is 0 Å². The van der Waals surface area contributed by atoms with Crippen LogP contribution in [0.4, 0.5) is 0 Å². The van der Waals surface area contributed by atoms with Crippen molar-refractivity contribution < 1.29 is 9.47 Å². The van der Waals surface area contributed by atoms with Crippen LogP contribution in [0.15, 0.2) is 18.2 Å². The van der Waals surface area contributed by atoms with Gasteiger partial charge in [-0.1, -0.05) is 12.1 Å². The van der Waals surface area contributed by atoms with E-state index in [9.17, 15) is 0 Å². The minimum Gasteiger partial charge on any atom is -0.493 e. The van der Waals surface area contributed by atoms with Gasteiger partial charge in [-0.2, -0.15) is 0 Å². The van der Waals surface area contributed by atoms with Crippen molar-refractivity contribution in [2.75, 3.05) is 20.3 Å². The predicted molar refractivity (Wildman–Crippen MR) is 71.0 cm³/mol. The number of ether oxygens (including phenoxy) is 2. The van der Waals surface area contributed by atoms with Gasteiger partial charge < -0.3 is 14.8 Å². The first-order chi connectivity index (χ1) is 8.86. The fourth-order valence-electron chi connectivity index (χ4n) is 2.53. The summed E-state index contributed by atoms with van der Waals surface area (Å²) in [6.07, 6.45) is 4.71. The molecule has 1 heterocycles. The molecule has 0 saturated heterocycles. The molecule has 0 amide bonds. The highest BCUT2D eigenvalue weighted by molar-refractivity contribution is 5.41. The maximum Gasteiger partial charge on any atom is 0.124 e. The van der Waals surface area contributed by atoms with Crippen molar-refractivity contribution >= 4 is 0 Å². The van der Waals surface area contributed by atoms with Crippen molar-refractivity contribution in [3.8, 4) is 5.75 Å². The normalized spacial score (nSPS) is 22.4. The Hall–Kier alpha value is -1.06. The molecule has 1 atom stereocenters. The third-order valence-electron chi connectivity index (χ3n) is 3.72. The van der Waals surface area contributed by atoms with Crippen LogP contribution in [0.1, 0.15) is 36.4 Å². The third kappa shape index (κ3) is 2.68. The molecule has 1 saturated carbocycles. The molecule has 98 valence electrons. The van der Waals surface area contributed by atoms with Gasteiger partial charge in [0, 0.05) is 31.2 Å². The summed E-state index contributed by atoms with van der Waals surface area (Å²) in [5, 5.41) is 3.72. The second kappa shape index (κ2) is 5.29. The molecule has 3 rings (SSSR count). The molecule has 18 heavy (non-hydrogen) atoms. The Bertz CT molecular complexity index is 415. The van der Waals surface area contributed by atoms with Crippen LogP contribution in [0.2, 0.25) is 0 Å². The van der Waals surface area contributed by atoms with Crippen LogP contribution in [0.25, 0.3) is 0 Å². The smallest absolute Gasteiger partial charge is 0.124 e. The lowest BCUT2D eigenvalue weighted by Crippen LogP contribution is -2.28. The van der Waals surface area contributed by atoms with Crippen LogP contribution in [0.5, 0.6) is 5.75 Å². The number of nitrogens with one attached hydrogen (secondary N) is 1.